The zero-order valence-electron chi connectivity index (χ0n) is 9.59. The Morgan fingerprint density at radius 1 is 1.56 bits per heavy atom. The van der Waals surface area contributed by atoms with E-state index in [9.17, 15) is 4.79 Å². The maximum Gasteiger partial charge on any atom is 0.224 e. The zero-order chi connectivity index (χ0) is 12.1. The van der Waals surface area contributed by atoms with Crippen LogP contribution in [0.15, 0.2) is 18.2 Å². The molecule has 0 aliphatic heterocycles. The van der Waals surface area contributed by atoms with Crippen LogP contribution in [0.1, 0.15) is 25.3 Å². The van der Waals surface area contributed by atoms with E-state index in [1.807, 2.05) is 32.0 Å². The summed E-state index contributed by atoms with van der Waals surface area (Å²) >= 11 is 2.26. The summed E-state index contributed by atoms with van der Waals surface area (Å²) in [6, 6.07) is 5.97. The van der Waals surface area contributed by atoms with Crippen LogP contribution in [0.5, 0.6) is 0 Å². The molecule has 1 rings (SSSR count). The fourth-order valence-corrected chi connectivity index (χ4v) is 1.77. The SMILES string of the molecule is Cc1ccc(NC(=O)CCC(C)N)cc1I. The molecule has 0 aromatic heterocycles. The normalized spacial score (nSPS) is 12.2. The molecule has 4 heteroatoms. The Kier molecular flexibility index (Phi) is 5.21. The van der Waals surface area contributed by atoms with Gasteiger partial charge >= 0.3 is 0 Å². The molecule has 0 heterocycles. The van der Waals surface area contributed by atoms with Crippen molar-refractivity contribution in [1.82, 2.24) is 0 Å². The summed E-state index contributed by atoms with van der Waals surface area (Å²) in [5.41, 5.74) is 7.67. The van der Waals surface area contributed by atoms with Gasteiger partial charge in [-0.05, 0) is 60.6 Å². The van der Waals surface area contributed by atoms with Crippen LogP contribution in [-0.4, -0.2) is 11.9 Å². The van der Waals surface area contributed by atoms with E-state index in [1.54, 1.807) is 0 Å². The molecule has 3 N–H and O–H groups in total. The smallest absolute Gasteiger partial charge is 0.224 e. The van der Waals surface area contributed by atoms with Crippen molar-refractivity contribution in [3.05, 3.63) is 27.3 Å². The monoisotopic (exact) mass is 332 g/mol. The quantitative estimate of drug-likeness (QED) is 0.833. The van der Waals surface area contributed by atoms with Crippen LogP contribution in [-0.2, 0) is 4.79 Å². The molecular weight excluding hydrogens is 315 g/mol. The molecule has 3 nitrogen and oxygen atoms in total. The minimum absolute atomic E-state index is 0.0250. The number of amides is 1. The largest absolute Gasteiger partial charge is 0.328 e. The highest BCUT2D eigenvalue weighted by Gasteiger charge is 2.05. The first-order valence-electron chi connectivity index (χ1n) is 5.30. The summed E-state index contributed by atoms with van der Waals surface area (Å²) < 4.78 is 1.16. The van der Waals surface area contributed by atoms with Gasteiger partial charge in [0.15, 0.2) is 0 Å². The lowest BCUT2D eigenvalue weighted by Crippen LogP contribution is -2.19. The number of hydrogen-bond acceptors (Lipinski definition) is 2. The molecule has 1 aromatic rings. The molecule has 0 bridgehead atoms. The zero-order valence-corrected chi connectivity index (χ0v) is 11.7. The van der Waals surface area contributed by atoms with Crippen molar-refractivity contribution in [2.75, 3.05) is 5.32 Å². The molecule has 1 amide bonds. The second-order valence-electron chi connectivity index (χ2n) is 4.03. The van der Waals surface area contributed by atoms with Gasteiger partial charge in [0, 0.05) is 21.7 Å². The van der Waals surface area contributed by atoms with E-state index in [4.69, 9.17) is 5.73 Å². The fraction of sp³-hybridized carbons (Fsp3) is 0.417. The van der Waals surface area contributed by atoms with Gasteiger partial charge in [-0.1, -0.05) is 6.07 Å². The summed E-state index contributed by atoms with van der Waals surface area (Å²) in [5.74, 6) is 0.0250. The number of hydrogen-bond donors (Lipinski definition) is 2. The van der Waals surface area contributed by atoms with Crippen LogP contribution < -0.4 is 11.1 Å². The van der Waals surface area contributed by atoms with E-state index in [0.717, 1.165) is 15.7 Å². The number of nitrogens with one attached hydrogen (secondary N) is 1. The van der Waals surface area contributed by atoms with Gasteiger partial charge in [0.2, 0.25) is 5.91 Å². The number of anilines is 1. The van der Waals surface area contributed by atoms with E-state index in [1.165, 1.54) is 5.56 Å². The maximum absolute atomic E-state index is 11.5. The van der Waals surface area contributed by atoms with E-state index in [-0.39, 0.29) is 11.9 Å². The molecule has 16 heavy (non-hydrogen) atoms. The Bertz CT molecular complexity index is 377. The number of halogens is 1. The van der Waals surface area contributed by atoms with E-state index in [0.29, 0.717) is 6.42 Å². The molecule has 1 unspecified atom stereocenters. The van der Waals surface area contributed by atoms with Gasteiger partial charge in [0.05, 0.1) is 0 Å². The van der Waals surface area contributed by atoms with Crippen molar-refractivity contribution in [3.63, 3.8) is 0 Å². The number of carbonyl (C=O) groups excluding carboxylic acids is 1. The van der Waals surface area contributed by atoms with Crippen LogP contribution in [0.4, 0.5) is 5.69 Å². The van der Waals surface area contributed by atoms with Crippen molar-refractivity contribution in [1.29, 1.82) is 0 Å². The molecule has 1 atom stereocenters. The predicted molar refractivity (Wildman–Crippen MR) is 75.4 cm³/mol. The third-order valence-corrected chi connectivity index (χ3v) is 3.44. The van der Waals surface area contributed by atoms with Gasteiger partial charge in [-0.25, -0.2) is 0 Å². The average Bonchev–Trinajstić information content (AvgIpc) is 2.21. The van der Waals surface area contributed by atoms with Crippen molar-refractivity contribution in [2.45, 2.75) is 32.7 Å². The van der Waals surface area contributed by atoms with Gasteiger partial charge in [-0.15, -0.1) is 0 Å². The number of carbonyl (C=O) groups is 1. The molecular formula is C12H17IN2O. The molecule has 0 aliphatic carbocycles. The lowest BCUT2D eigenvalue weighted by atomic mass is 10.2. The fourth-order valence-electron chi connectivity index (χ4n) is 1.25. The molecule has 0 spiro atoms. The van der Waals surface area contributed by atoms with Gasteiger partial charge in [0.1, 0.15) is 0 Å². The van der Waals surface area contributed by atoms with E-state index in [2.05, 4.69) is 27.9 Å². The number of nitrogens with two attached hydrogens (primary N) is 1. The molecule has 0 saturated heterocycles. The Morgan fingerprint density at radius 3 is 2.81 bits per heavy atom. The first-order valence-corrected chi connectivity index (χ1v) is 6.38. The Morgan fingerprint density at radius 2 is 2.25 bits per heavy atom. The van der Waals surface area contributed by atoms with Crippen molar-refractivity contribution in [3.8, 4) is 0 Å². The van der Waals surface area contributed by atoms with Gasteiger partial charge < -0.3 is 11.1 Å². The van der Waals surface area contributed by atoms with Gasteiger partial charge in [-0.3, -0.25) is 4.79 Å². The Balaban J connectivity index is 2.53. The molecule has 88 valence electrons. The van der Waals surface area contributed by atoms with Crippen molar-refractivity contribution >= 4 is 34.2 Å². The second-order valence-corrected chi connectivity index (χ2v) is 5.19. The lowest BCUT2D eigenvalue weighted by Gasteiger charge is -2.08. The number of aryl methyl sites for hydroxylation is 1. The first-order chi connectivity index (χ1) is 7.49. The summed E-state index contributed by atoms with van der Waals surface area (Å²) in [6.07, 6.45) is 1.19. The topological polar surface area (TPSA) is 55.1 Å². The second kappa shape index (κ2) is 6.20. The number of rotatable bonds is 4. The molecule has 0 radical (unpaired) electrons. The summed E-state index contributed by atoms with van der Waals surface area (Å²) in [4.78, 5) is 11.5. The summed E-state index contributed by atoms with van der Waals surface area (Å²) in [7, 11) is 0. The minimum Gasteiger partial charge on any atom is -0.328 e. The van der Waals surface area contributed by atoms with Crippen LogP contribution in [0, 0.1) is 10.5 Å². The minimum atomic E-state index is 0.0250. The molecule has 0 saturated carbocycles. The van der Waals surface area contributed by atoms with Crippen molar-refractivity contribution in [2.24, 2.45) is 5.73 Å². The number of benzene rings is 1. The van der Waals surface area contributed by atoms with Gasteiger partial charge in [0.25, 0.3) is 0 Å². The van der Waals surface area contributed by atoms with Gasteiger partial charge in [-0.2, -0.15) is 0 Å². The van der Waals surface area contributed by atoms with E-state index < -0.39 is 0 Å². The predicted octanol–water partition coefficient (Wildman–Crippen LogP) is 2.67. The van der Waals surface area contributed by atoms with Crippen LogP contribution >= 0.6 is 22.6 Å². The lowest BCUT2D eigenvalue weighted by molar-refractivity contribution is -0.116. The standard InChI is InChI=1S/C12H17IN2O/c1-8-3-5-10(7-11(8)13)15-12(16)6-4-9(2)14/h3,5,7,9H,4,6,14H2,1-2H3,(H,15,16). The Hall–Kier alpha value is -0.620. The highest BCUT2D eigenvalue weighted by atomic mass is 127. The third kappa shape index (κ3) is 4.49. The van der Waals surface area contributed by atoms with E-state index >= 15 is 0 Å². The average molecular weight is 332 g/mol. The van der Waals surface area contributed by atoms with Crippen LogP contribution in [0.3, 0.4) is 0 Å². The molecule has 1 aromatic carbocycles. The Labute approximate surface area is 110 Å². The highest BCUT2D eigenvalue weighted by Crippen LogP contribution is 2.17. The summed E-state index contributed by atoms with van der Waals surface area (Å²) in [5, 5.41) is 2.87. The first kappa shape index (κ1) is 13.4. The molecule has 0 aliphatic rings. The molecule has 0 fully saturated rings. The summed E-state index contributed by atoms with van der Waals surface area (Å²) in [6.45, 7) is 3.95. The van der Waals surface area contributed by atoms with Crippen LogP contribution in [0.2, 0.25) is 0 Å². The van der Waals surface area contributed by atoms with Crippen molar-refractivity contribution < 1.29 is 4.79 Å². The third-order valence-electron chi connectivity index (χ3n) is 2.28. The highest BCUT2D eigenvalue weighted by molar-refractivity contribution is 14.1. The maximum atomic E-state index is 11.5. The van der Waals surface area contributed by atoms with Crippen LogP contribution in [0.25, 0.3) is 0 Å².